The first-order valence-electron chi connectivity index (χ1n) is 41.5. The molecule has 103 heavy (non-hydrogen) atoms. The van der Waals surface area contributed by atoms with E-state index < -0.39 is 10.1 Å². The van der Waals surface area contributed by atoms with Gasteiger partial charge in [-0.2, -0.15) is 8.42 Å². The van der Waals surface area contributed by atoms with Crippen LogP contribution in [0.5, 0.6) is 0 Å². The highest BCUT2D eigenvalue weighted by Gasteiger charge is 2.61. The lowest BCUT2D eigenvalue weighted by Crippen LogP contribution is -2.41. The summed E-state index contributed by atoms with van der Waals surface area (Å²) in [5, 5.41) is -0.133. The summed E-state index contributed by atoms with van der Waals surface area (Å²) in [7, 11) is -3.13. The molecule has 0 radical (unpaired) electrons. The van der Waals surface area contributed by atoms with Gasteiger partial charge < -0.3 is 56.8 Å². The first kappa shape index (κ1) is 86.2. The van der Waals surface area contributed by atoms with Crippen LogP contribution in [0.25, 0.3) is 0 Å². The van der Waals surface area contributed by atoms with Crippen molar-refractivity contribution in [2.45, 2.75) is 325 Å². The predicted octanol–water partition coefficient (Wildman–Crippen LogP) is 14.0. The van der Waals surface area contributed by atoms with E-state index in [9.17, 15) is 42.0 Å². The van der Waals surface area contributed by atoms with Crippen LogP contribution in [0, 0.1) is 101 Å². The minimum atomic E-state index is -3.13. The SMILES string of the molecule is CC.CC.CC.CC.CC.CC.CC.CC.O=C1CC2OC3OCOC3C2O1.O=C1OC2CC3CC(C2)CC1C3.O=C1OCC2C3CCC(O3)C12.O=C1OCC2CC3CC1C2C3.O=C1OCC2CC3CC1C2O3.O=C1OCC2CCCC12.O=C1OCC2CCCC1C2.O=S1(=O)OC2CC3CC2C1C3. The number of hydrogen-bond acceptors (Lipinski definition) is 22. The van der Waals surface area contributed by atoms with Gasteiger partial charge in [0.2, 0.25) is 0 Å². The maximum Gasteiger partial charge on any atom is 0.312 e. The fraction of sp³-hybridized carbons (Fsp3) is 0.912. The molecule has 15 aliphatic heterocycles. The summed E-state index contributed by atoms with van der Waals surface area (Å²) in [6.07, 6.45) is 25.8. The third-order valence-electron chi connectivity index (χ3n) is 24.2. The van der Waals surface area contributed by atoms with Gasteiger partial charge in [0.05, 0.1) is 111 Å². The summed E-state index contributed by atoms with van der Waals surface area (Å²) in [5.74, 6) is 8.39. The molecule has 23 rings (SSSR count). The Morgan fingerprint density at radius 3 is 1.54 bits per heavy atom. The molecule has 15 saturated heterocycles. The van der Waals surface area contributed by atoms with Gasteiger partial charge in [-0.25, -0.2) is 0 Å². The second kappa shape index (κ2) is 41.5. The maximum absolute atomic E-state index is 11.4. The van der Waals surface area contributed by atoms with Crippen molar-refractivity contribution in [3.8, 4) is 0 Å². The molecule has 0 amide bonds. The summed E-state index contributed by atoms with van der Waals surface area (Å²) in [4.78, 5) is 77.6. The van der Waals surface area contributed by atoms with Crippen LogP contribution in [0.15, 0.2) is 0 Å². The van der Waals surface area contributed by atoms with E-state index in [0.29, 0.717) is 92.4 Å². The van der Waals surface area contributed by atoms with E-state index in [2.05, 4.69) is 0 Å². The van der Waals surface area contributed by atoms with E-state index in [1.54, 1.807) is 0 Å². The van der Waals surface area contributed by atoms with Crippen molar-refractivity contribution >= 4 is 51.9 Å². The molecule has 0 aromatic heterocycles. The van der Waals surface area contributed by atoms with E-state index in [4.69, 9.17) is 61.0 Å². The predicted molar refractivity (Wildman–Crippen MR) is 385 cm³/mol. The van der Waals surface area contributed by atoms with Crippen LogP contribution < -0.4 is 0 Å². The van der Waals surface area contributed by atoms with Crippen LogP contribution in [0.2, 0.25) is 0 Å². The zero-order valence-electron chi connectivity index (χ0n) is 65.6. The van der Waals surface area contributed by atoms with Crippen LogP contribution >= 0.6 is 0 Å². The van der Waals surface area contributed by atoms with Crippen molar-refractivity contribution in [1.29, 1.82) is 0 Å². The fourth-order valence-corrected chi connectivity index (χ4v) is 22.2. The fourth-order valence-electron chi connectivity index (χ4n) is 20.3. The molecule has 0 aromatic rings. The number of carbonyl (C=O) groups excluding carboxylic acids is 7. The lowest BCUT2D eigenvalue weighted by atomic mass is 9.68. The highest BCUT2D eigenvalue weighted by molar-refractivity contribution is 7.87. The molecule has 14 bridgehead atoms. The number of ether oxygens (including phenoxy) is 12. The van der Waals surface area contributed by atoms with Crippen LogP contribution in [-0.2, 0) is 105 Å². The molecule has 22 nitrogen and oxygen atoms in total. The second-order valence-corrected chi connectivity index (χ2v) is 31.3. The zero-order chi connectivity index (χ0) is 75.4. The van der Waals surface area contributed by atoms with Gasteiger partial charge in [0, 0.05) is 23.7 Å². The minimum absolute atomic E-state index is 0.0257. The van der Waals surface area contributed by atoms with Gasteiger partial charge in [0.25, 0.3) is 10.1 Å². The Hall–Kier alpha value is -4.00. The molecule has 23 heteroatoms. The Morgan fingerprint density at radius 1 is 0.340 bits per heavy atom. The van der Waals surface area contributed by atoms with Crippen molar-refractivity contribution in [1.82, 2.24) is 0 Å². The van der Waals surface area contributed by atoms with Gasteiger partial charge in [-0.05, 0) is 170 Å². The number of cyclic esters (lactones) is 5. The van der Waals surface area contributed by atoms with Gasteiger partial charge in [0.1, 0.15) is 12.2 Å². The summed E-state index contributed by atoms with van der Waals surface area (Å²) >= 11 is 0. The minimum Gasteiger partial charge on any atom is -0.465 e. The summed E-state index contributed by atoms with van der Waals surface area (Å²) in [5.41, 5.74) is 0. The lowest BCUT2D eigenvalue weighted by Gasteiger charge is -2.35. The van der Waals surface area contributed by atoms with Crippen molar-refractivity contribution < 1.29 is 103 Å². The standard InChI is InChI=1S/C10H14O2.C9H12O2.2C8H10O3.C8H12O2.C7H8O5.C7H10O3S.C7H10O2.8C2H6/c11-10-8-2-6-1-7(3-8)5-9(4-6)12-10;10-9-8-3-5-1-6(4-11-9)7(8)2-5;9-8-6-2-5-1-4(3-10-8)7(6)11-5;9-8-7-4(3-10-8)5-1-2-6(7)11-5;9-8-7-3-1-2-6(4-7)5-10-8;8-4-1-3-5(12-4)6-7(11-3)10-2-9-6;8-11(9)7-3-4-1-5(7)6(2-4)10-11;8-7-6-3-1-2-5(6)4-9-7;8*1-2/h6-9H,1-5H2;5-8H,1-4H2;2*4-7H,1-3H2;6-7H,1-5H2;3,5-7H,1-2H2;4-7H,1-3H2;5-6H,1-4H2;8*1-2H3. The highest BCUT2D eigenvalue weighted by atomic mass is 32.2. The molecule has 0 aromatic carbocycles. The molecule has 26 unspecified atom stereocenters. The average Bonchev–Trinajstić information content (AvgIpc) is 1.59. The first-order valence-corrected chi connectivity index (χ1v) is 42.9. The molecular formula is C80H134O22S. The van der Waals surface area contributed by atoms with Gasteiger partial charge in [-0.1, -0.05) is 124 Å². The van der Waals surface area contributed by atoms with E-state index >= 15 is 0 Å². The lowest BCUT2D eigenvalue weighted by molar-refractivity contribution is -0.161. The van der Waals surface area contributed by atoms with Gasteiger partial charge in [-0.3, -0.25) is 37.7 Å². The van der Waals surface area contributed by atoms with Crippen molar-refractivity contribution in [3.05, 3.63) is 0 Å². The molecule has 15 heterocycles. The number of fused-ring (bicyclic) bond motifs is 15. The molecule has 0 N–H and O–H groups in total. The van der Waals surface area contributed by atoms with E-state index in [0.717, 1.165) is 127 Å². The molecule has 592 valence electrons. The van der Waals surface area contributed by atoms with Crippen LogP contribution in [0.1, 0.15) is 258 Å². The topological polar surface area (TPSA) is 274 Å². The highest BCUT2D eigenvalue weighted by Crippen LogP contribution is 2.56. The number of carbonyl (C=O) groups is 7. The number of hydrogen-bond donors (Lipinski definition) is 0. The first-order chi connectivity index (χ1) is 50.1. The molecule has 23 aliphatic rings. The van der Waals surface area contributed by atoms with Gasteiger partial charge in [0.15, 0.2) is 25.3 Å². The third-order valence-corrected chi connectivity index (χ3v) is 26.0. The Bertz CT molecular complexity index is 2720. The van der Waals surface area contributed by atoms with Crippen molar-refractivity contribution in [2.75, 3.05) is 39.8 Å². The molecule has 8 aliphatic carbocycles. The summed E-state index contributed by atoms with van der Waals surface area (Å²) in [6, 6.07) is 0. The quantitative estimate of drug-likeness (QED) is 0.124. The molecule has 0 spiro atoms. The second-order valence-electron chi connectivity index (χ2n) is 29.5. The van der Waals surface area contributed by atoms with E-state index in [-0.39, 0.29) is 132 Å². The van der Waals surface area contributed by atoms with Crippen LogP contribution in [-0.4, -0.2) is 157 Å². The van der Waals surface area contributed by atoms with Crippen molar-refractivity contribution in [2.24, 2.45) is 101 Å². The van der Waals surface area contributed by atoms with E-state index in [1.807, 2.05) is 111 Å². The average molecular weight is 1480 g/mol. The van der Waals surface area contributed by atoms with Gasteiger partial charge in [-0.15, -0.1) is 0 Å². The largest absolute Gasteiger partial charge is 0.465 e. The summed E-state index contributed by atoms with van der Waals surface area (Å²) in [6.45, 7) is 35.5. The van der Waals surface area contributed by atoms with Crippen molar-refractivity contribution in [3.63, 3.8) is 0 Å². The zero-order valence-corrected chi connectivity index (χ0v) is 66.4. The maximum atomic E-state index is 11.4. The van der Waals surface area contributed by atoms with Gasteiger partial charge >= 0.3 is 41.8 Å². The number of rotatable bonds is 0. The monoisotopic (exact) mass is 1480 g/mol. The molecular weight excluding hydrogens is 1340 g/mol. The smallest absolute Gasteiger partial charge is 0.312 e. The third kappa shape index (κ3) is 20.3. The van der Waals surface area contributed by atoms with Crippen LogP contribution in [0.4, 0.5) is 0 Å². The van der Waals surface area contributed by atoms with Crippen LogP contribution in [0.3, 0.4) is 0 Å². The Labute approximate surface area is 617 Å². The molecule has 8 saturated carbocycles. The van der Waals surface area contributed by atoms with E-state index in [1.165, 1.54) is 44.9 Å². The normalized spacial score (nSPS) is 42.6. The Kier molecular flexibility index (Phi) is 34.8. The Balaban J connectivity index is 0.000000160. The Morgan fingerprint density at radius 2 is 0.932 bits per heavy atom. The number of esters is 7. The summed E-state index contributed by atoms with van der Waals surface area (Å²) < 4.78 is 89.9. The molecule has 23 fully saturated rings. The molecule has 26 atom stereocenters.